The molecule has 0 bridgehead atoms. The number of benzene rings is 5. The predicted octanol–water partition coefficient (Wildman–Crippen LogP) is 7.77. The van der Waals surface area contributed by atoms with Crippen LogP contribution in [0.3, 0.4) is 0 Å². The fourth-order valence-electron chi connectivity index (χ4n) is 6.42. The molecular formula is C39H24N5OPt+. The van der Waals surface area contributed by atoms with Gasteiger partial charge in [-0.1, -0.05) is 96.6 Å². The van der Waals surface area contributed by atoms with Crippen molar-refractivity contribution >= 4 is 11.0 Å². The molecule has 6 nitrogen and oxygen atoms in total. The molecule has 7 heteroatoms. The molecule has 8 aromatic rings. The van der Waals surface area contributed by atoms with Crippen LogP contribution in [0.4, 0.5) is 0 Å². The van der Waals surface area contributed by atoms with Gasteiger partial charge in [0.25, 0.3) is 6.33 Å². The van der Waals surface area contributed by atoms with Gasteiger partial charge in [0.1, 0.15) is 11.4 Å². The number of aromatic nitrogens is 5. The number of aromatic hydroxyl groups is 1. The summed E-state index contributed by atoms with van der Waals surface area (Å²) in [5, 5.41) is 16.8. The van der Waals surface area contributed by atoms with Crippen molar-refractivity contribution in [2.24, 2.45) is 0 Å². The Kier molecular flexibility index (Phi) is 6.74. The van der Waals surface area contributed by atoms with Gasteiger partial charge in [-0.05, 0) is 57.9 Å². The van der Waals surface area contributed by atoms with E-state index < -0.39 is 0 Å². The molecule has 4 heterocycles. The zero-order valence-corrected chi connectivity index (χ0v) is 26.6. The molecule has 220 valence electrons. The van der Waals surface area contributed by atoms with Gasteiger partial charge in [0.15, 0.2) is 5.65 Å². The number of nitrogens with zero attached hydrogens (tertiary/aromatic N) is 5. The van der Waals surface area contributed by atoms with Crippen molar-refractivity contribution in [3.8, 4) is 67.6 Å². The molecule has 0 saturated carbocycles. The molecule has 1 N–H and O–H groups in total. The van der Waals surface area contributed by atoms with Gasteiger partial charge in [0, 0.05) is 11.6 Å². The molecule has 0 fully saturated rings. The molecule has 1 aliphatic heterocycles. The Labute approximate surface area is 279 Å². The molecule has 1 aliphatic rings. The summed E-state index contributed by atoms with van der Waals surface area (Å²) >= 11 is 0. The molecule has 0 radical (unpaired) electrons. The summed E-state index contributed by atoms with van der Waals surface area (Å²) in [5.41, 5.74) is 11.2. The Morgan fingerprint density at radius 3 is 2.11 bits per heavy atom. The van der Waals surface area contributed by atoms with Crippen LogP contribution in [0.1, 0.15) is 0 Å². The molecule has 0 atom stereocenters. The first-order valence-corrected chi connectivity index (χ1v) is 14.7. The van der Waals surface area contributed by atoms with Crippen LogP contribution in [0, 0.1) is 12.4 Å². The number of rotatable bonds is 3. The minimum Gasteiger partial charge on any atom is -0.511 e. The number of hydrogen-bond acceptors (Lipinski definition) is 3. The van der Waals surface area contributed by atoms with E-state index in [9.17, 15) is 5.11 Å². The van der Waals surface area contributed by atoms with Crippen LogP contribution >= 0.6 is 0 Å². The van der Waals surface area contributed by atoms with Crippen molar-refractivity contribution in [2.75, 3.05) is 0 Å². The SMILES string of the molecule is Oc1ccccc1-[n+]1[c-]n2c(c1-c1ccccc1)-c1ccccc1-c1ccccc1-c1ccc(-n3ncc4cccnc43)[c-]c1-2.[Pt+2]. The second-order valence-electron chi connectivity index (χ2n) is 11.0. The zero-order chi connectivity index (χ0) is 29.9. The number of phenols is 1. The average Bonchev–Trinajstić information content (AvgIpc) is 3.71. The van der Waals surface area contributed by atoms with E-state index in [4.69, 9.17) is 0 Å². The third kappa shape index (κ3) is 4.26. The summed E-state index contributed by atoms with van der Waals surface area (Å²) in [5.74, 6) is 0.165. The third-order valence-corrected chi connectivity index (χ3v) is 8.42. The van der Waals surface area contributed by atoms with E-state index in [-0.39, 0.29) is 26.8 Å². The van der Waals surface area contributed by atoms with E-state index in [1.807, 2.05) is 70.0 Å². The van der Waals surface area contributed by atoms with E-state index in [0.29, 0.717) is 5.69 Å². The number of pyridine rings is 1. The molecule has 5 aromatic carbocycles. The Hall–Kier alpha value is -5.58. The summed E-state index contributed by atoms with van der Waals surface area (Å²) in [6.07, 6.45) is 7.26. The first-order chi connectivity index (χ1) is 22.3. The maximum atomic E-state index is 11.1. The average molecular weight is 774 g/mol. The van der Waals surface area contributed by atoms with E-state index in [1.54, 1.807) is 12.3 Å². The quantitative estimate of drug-likeness (QED) is 0.148. The monoisotopic (exact) mass is 773 g/mol. The summed E-state index contributed by atoms with van der Waals surface area (Å²) in [6.45, 7) is 0. The van der Waals surface area contributed by atoms with Crippen LogP contribution in [-0.2, 0) is 21.1 Å². The van der Waals surface area contributed by atoms with Gasteiger partial charge in [-0.3, -0.25) is 4.57 Å². The second-order valence-corrected chi connectivity index (χ2v) is 11.0. The van der Waals surface area contributed by atoms with Gasteiger partial charge >= 0.3 is 21.1 Å². The molecule has 46 heavy (non-hydrogen) atoms. The number of para-hydroxylation sites is 2. The van der Waals surface area contributed by atoms with Crippen molar-refractivity contribution in [3.05, 3.63) is 152 Å². The maximum absolute atomic E-state index is 11.1. The van der Waals surface area contributed by atoms with Crippen LogP contribution in [0.25, 0.3) is 72.9 Å². The maximum Gasteiger partial charge on any atom is 2.00 e. The topological polar surface area (TPSA) is 59.8 Å². The van der Waals surface area contributed by atoms with Gasteiger partial charge < -0.3 is 9.67 Å². The van der Waals surface area contributed by atoms with Crippen LogP contribution in [0.15, 0.2) is 140 Å². The standard InChI is InChI=1S/C39H24N5O.Pt/c45-36-19-9-8-18-34(36)42-25-43-35-23-28(44-39-27(24-41-44)13-10-22-40-39)20-21-32(35)30-15-5-4-14-29(30)31-16-6-7-17-33(31)38(43)37(42)26-11-2-1-3-12-26;/h1-22,24,45H;/q-1;+2. The number of imidazole rings is 1. The van der Waals surface area contributed by atoms with Gasteiger partial charge in [0.05, 0.1) is 17.6 Å². The number of phenolic OH excluding ortho intramolecular Hbond substituents is 1. The van der Waals surface area contributed by atoms with Crippen LogP contribution in [0.5, 0.6) is 5.75 Å². The minimum atomic E-state index is 0. The van der Waals surface area contributed by atoms with Gasteiger partial charge in [-0.25, -0.2) is 9.67 Å². The van der Waals surface area contributed by atoms with E-state index in [0.717, 1.165) is 67.2 Å². The van der Waals surface area contributed by atoms with Crippen molar-refractivity contribution in [1.82, 2.24) is 19.3 Å². The van der Waals surface area contributed by atoms with E-state index >= 15 is 0 Å². The summed E-state index contributed by atoms with van der Waals surface area (Å²) < 4.78 is 5.87. The first-order valence-electron chi connectivity index (χ1n) is 14.7. The van der Waals surface area contributed by atoms with Gasteiger partial charge in [-0.15, -0.1) is 17.7 Å². The van der Waals surface area contributed by atoms with Crippen molar-refractivity contribution in [2.45, 2.75) is 0 Å². The normalized spacial score (nSPS) is 11.4. The number of hydrogen-bond donors (Lipinski definition) is 1. The molecule has 0 spiro atoms. The third-order valence-electron chi connectivity index (χ3n) is 8.42. The second kappa shape index (κ2) is 11.1. The van der Waals surface area contributed by atoms with E-state index in [1.165, 1.54) is 0 Å². The summed E-state index contributed by atoms with van der Waals surface area (Å²) in [7, 11) is 0. The van der Waals surface area contributed by atoms with Crippen LogP contribution < -0.4 is 4.57 Å². The minimum absolute atomic E-state index is 0. The van der Waals surface area contributed by atoms with Gasteiger partial charge in [-0.2, -0.15) is 11.2 Å². The molecule has 0 aliphatic carbocycles. The van der Waals surface area contributed by atoms with Gasteiger partial charge in [0.2, 0.25) is 0 Å². The molecule has 0 saturated heterocycles. The molecule has 0 amide bonds. The summed E-state index contributed by atoms with van der Waals surface area (Å²) in [4.78, 5) is 4.61. The Morgan fingerprint density at radius 1 is 0.652 bits per heavy atom. The Balaban J connectivity index is 0.00000312. The predicted molar refractivity (Wildman–Crippen MR) is 174 cm³/mol. The fraction of sp³-hybridized carbons (Fsp3) is 0. The Bertz CT molecular complexity index is 2410. The first kappa shape index (κ1) is 27.9. The fourth-order valence-corrected chi connectivity index (χ4v) is 6.42. The molecule has 3 aromatic heterocycles. The molecule has 9 rings (SSSR count). The van der Waals surface area contributed by atoms with E-state index in [2.05, 4.69) is 93.8 Å². The molecular weight excluding hydrogens is 750 g/mol. The zero-order valence-electron chi connectivity index (χ0n) is 24.3. The number of fused-ring (bicyclic) bond motifs is 9. The Morgan fingerprint density at radius 2 is 1.33 bits per heavy atom. The van der Waals surface area contributed by atoms with Crippen molar-refractivity contribution < 1.29 is 30.7 Å². The van der Waals surface area contributed by atoms with Crippen molar-refractivity contribution in [1.29, 1.82) is 0 Å². The summed E-state index contributed by atoms with van der Waals surface area (Å²) in [6, 6.07) is 46.5. The van der Waals surface area contributed by atoms with Crippen molar-refractivity contribution in [3.63, 3.8) is 0 Å². The van der Waals surface area contributed by atoms with Crippen LogP contribution in [-0.4, -0.2) is 24.4 Å². The van der Waals surface area contributed by atoms with Crippen LogP contribution in [0.2, 0.25) is 0 Å². The largest absolute Gasteiger partial charge is 2.00 e. The smallest absolute Gasteiger partial charge is 0.511 e. The molecule has 0 unspecified atom stereocenters.